The van der Waals surface area contributed by atoms with E-state index >= 15 is 0 Å². The summed E-state index contributed by atoms with van der Waals surface area (Å²) in [7, 11) is 0. The van der Waals surface area contributed by atoms with Crippen molar-refractivity contribution in [3.05, 3.63) is 64.4 Å². The summed E-state index contributed by atoms with van der Waals surface area (Å²) >= 11 is 5.88. The van der Waals surface area contributed by atoms with Crippen molar-refractivity contribution < 1.29 is 18.0 Å². The van der Waals surface area contributed by atoms with Gasteiger partial charge in [-0.3, -0.25) is 14.7 Å². The fraction of sp³-hybridized carbons (Fsp3) is 0.333. The zero-order valence-electron chi connectivity index (χ0n) is 13.8. The number of carbonyl (C=O) groups is 1. The molecule has 0 saturated carbocycles. The first kappa shape index (κ1) is 18.7. The minimum atomic E-state index is -4.51. The molecule has 0 radical (unpaired) electrons. The van der Waals surface area contributed by atoms with Gasteiger partial charge >= 0.3 is 6.18 Å². The Bertz CT molecular complexity index is 755. The van der Waals surface area contributed by atoms with E-state index in [1.165, 1.54) is 6.07 Å². The van der Waals surface area contributed by atoms with Crippen LogP contribution < -0.4 is 0 Å². The van der Waals surface area contributed by atoms with E-state index < -0.39 is 11.9 Å². The molecular formula is C18H17ClF3N3O. The maximum atomic E-state index is 12.5. The lowest BCUT2D eigenvalue weighted by Gasteiger charge is -2.34. The lowest BCUT2D eigenvalue weighted by atomic mass is 10.1. The van der Waals surface area contributed by atoms with Crippen LogP contribution in [0.25, 0.3) is 0 Å². The summed E-state index contributed by atoms with van der Waals surface area (Å²) < 4.78 is 37.6. The fourth-order valence-corrected chi connectivity index (χ4v) is 2.95. The number of hydrogen-bond donors (Lipinski definition) is 0. The van der Waals surface area contributed by atoms with E-state index in [9.17, 15) is 18.0 Å². The highest BCUT2D eigenvalue weighted by Crippen LogP contribution is 2.27. The molecule has 0 N–H and O–H groups in total. The second-order valence-corrected chi connectivity index (χ2v) is 6.56. The van der Waals surface area contributed by atoms with Gasteiger partial charge in [0.05, 0.1) is 5.56 Å². The average Bonchev–Trinajstić information content (AvgIpc) is 2.63. The van der Waals surface area contributed by atoms with Gasteiger partial charge in [0.15, 0.2) is 0 Å². The molecule has 2 aromatic rings. The Morgan fingerprint density at radius 1 is 1.04 bits per heavy atom. The Labute approximate surface area is 154 Å². The lowest BCUT2D eigenvalue weighted by molar-refractivity contribution is -0.141. The molecule has 26 heavy (non-hydrogen) atoms. The number of halogens is 4. The van der Waals surface area contributed by atoms with Gasteiger partial charge in [0.25, 0.3) is 5.91 Å². The minimum absolute atomic E-state index is 0.171. The normalized spacial score (nSPS) is 15.9. The van der Waals surface area contributed by atoms with E-state index in [0.717, 1.165) is 24.4 Å². The number of piperazine rings is 1. The Kier molecular flexibility index (Phi) is 5.48. The van der Waals surface area contributed by atoms with Crippen molar-refractivity contribution in [2.75, 3.05) is 26.2 Å². The van der Waals surface area contributed by atoms with Crippen LogP contribution in [0.2, 0.25) is 5.02 Å². The van der Waals surface area contributed by atoms with Gasteiger partial charge in [-0.2, -0.15) is 13.2 Å². The van der Waals surface area contributed by atoms with Crippen molar-refractivity contribution in [2.45, 2.75) is 12.7 Å². The zero-order chi connectivity index (χ0) is 18.7. The van der Waals surface area contributed by atoms with Crippen LogP contribution in [0.1, 0.15) is 21.6 Å². The summed E-state index contributed by atoms with van der Waals surface area (Å²) in [5, 5.41) is 0.689. The summed E-state index contributed by atoms with van der Waals surface area (Å²) in [6.07, 6.45) is -3.51. The first-order valence-corrected chi connectivity index (χ1v) is 8.50. The van der Waals surface area contributed by atoms with Gasteiger partial charge in [0.1, 0.15) is 5.69 Å². The predicted molar refractivity (Wildman–Crippen MR) is 91.9 cm³/mol. The van der Waals surface area contributed by atoms with Crippen LogP contribution in [0, 0.1) is 0 Å². The van der Waals surface area contributed by atoms with Gasteiger partial charge in [0.2, 0.25) is 0 Å². The van der Waals surface area contributed by atoms with Crippen molar-refractivity contribution in [2.24, 2.45) is 0 Å². The number of amides is 1. The molecule has 4 nitrogen and oxygen atoms in total. The zero-order valence-corrected chi connectivity index (χ0v) is 14.6. The van der Waals surface area contributed by atoms with Crippen molar-refractivity contribution in [1.82, 2.24) is 14.8 Å². The van der Waals surface area contributed by atoms with E-state index in [-0.39, 0.29) is 11.5 Å². The topological polar surface area (TPSA) is 36.4 Å². The highest BCUT2D eigenvalue weighted by molar-refractivity contribution is 6.30. The van der Waals surface area contributed by atoms with Gasteiger partial charge in [-0.05, 0) is 29.8 Å². The maximum absolute atomic E-state index is 12.5. The number of alkyl halides is 3. The van der Waals surface area contributed by atoms with Crippen LogP contribution in [0.4, 0.5) is 13.2 Å². The molecule has 1 amide bonds. The molecule has 0 spiro atoms. The van der Waals surface area contributed by atoms with E-state index in [2.05, 4.69) is 9.88 Å². The monoisotopic (exact) mass is 383 g/mol. The average molecular weight is 384 g/mol. The molecule has 1 aliphatic rings. The van der Waals surface area contributed by atoms with Gasteiger partial charge in [0, 0.05) is 43.9 Å². The number of benzene rings is 1. The first-order chi connectivity index (χ1) is 12.3. The predicted octanol–water partition coefficient (Wildman–Crippen LogP) is 3.71. The molecule has 1 aromatic carbocycles. The molecular weight excluding hydrogens is 367 g/mol. The van der Waals surface area contributed by atoms with Crippen molar-refractivity contribution in [1.29, 1.82) is 0 Å². The fourth-order valence-electron chi connectivity index (χ4n) is 2.83. The van der Waals surface area contributed by atoms with E-state index in [1.807, 2.05) is 24.3 Å². The van der Waals surface area contributed by atoms with Crippen molar-refractivity contribution >= 4 is 17.5 Å². The number of hydrogen-bond acceptors (Lipinski definition) is 3. The van der Waals surface area contributed by atoms with E-state index in [4.69, 9.17) is 11.6 Å². The molecule has 1 aliphatic heterocycles. The van der Waals surface area contributed by atoms with Crippen molar-refractivity contribution in [3.63, 3.8) is 0 Å². The Balaban J connectivity index is 1.55. The van der Waals surface area contributed by atoms with E-state index in [1.54, 1.807) is 4.90 Å². The standard InChI is InChI=1S/C18H17ClF3N3O/c19-15-4-1-13(2-5-15)12-24-7-9-25(10-8-24)17(26)14-3-6-16(23-11-14)18(20,21)22/h1-6,11H,7-10,12H2. The summed E-state index contributed by atoms with van der Waals surface area (Å²) in [4.78, 5) is 19.6. The van der Waals surface area contributed by atoms with Gasteiger partial charge < -0.3 is 4.90 Å². The first-order valence-electron chi connectivity index (χ1n) is 8.12. The molecule has 8 heteroatoms. The molecule has 1 fully saturated rings. The van der Waals surface area contributed by atoms with E-state index in [0.29, 0.717) is 31.2 Å². The van der Waals surface area contributed by atoms with Crippen LogP contribution >= 0.6 is 11.6 Å². The largest absolute Gasteiger partial charge is 0.433 e. The highest BCUT2D eigenvalue weighted by atomic mass is 35.5. The Morgan fingerprint density at radius 2 is 1.69 bits per heavy atom. The Hall–Kier alpha value is -2.12. The minimum Gasteiger partial charge on any atom is -0.336 e. The molecule has 0 atom stereocenters. The van der Waals surface area contributed by atoms with Crippen LogP contribution in [0.5, 0.6) is 0 Å². The Morgan fingerprint density at radius 3 is 2.23 bits per heavy atom. The lowest BCUT2D eigenvalue weighted by Crippen LogP contribution is -2.48. The number of pyridine rings is 1. The highest BCUT2D eigenvalue weighted by Gasteiger charge is 2.32. The number of aromatic nitrogens is 1. The summed E-state index contributed by atoms with van der Waals surface area (Å²) in [6, 6.07) is 9.63. The van der Waals surface area contributed by atoms with Crippen LogP contribution in [-0.2, 0) is 12.7 Å². The number of carbonyl (C=O) groups excluding carboxylic acids is 1. The van der Waals surface area contributed by atoms with Crippen LogP contribution in [0.3, 0.4) is 0 Å². The quantitative estimate of drug-likeness (QED) is 0.810. The van der Waals surface area contributed by atoms with Gasteiger partial charge in [-0.15, -0.1) is 0 Å². The summed E-state index contributed by atoms with van der Waals surface area (Å²) in [5.41, 5.74) is 0.312. The molecule has 3 rings (SSSR count). The molecule has 0 aliphatic carbocycles. The third-order valence-electron chi connectivity index (χ3n) is 4.28. The van der Waals surface area contributed by atoms with Crippen molar-refractivity contribution in [3.8, 4) is 0 Å². The maximum Gasteiger partial charge on any atom is 0.433 e. The second kappa shape index (κ2) is 7.63. The molecule has 1 aromatic heterocycles. The van der Waals surface area contributed by atoms with Crippen LogP contribution in [-0.4, -0.2) is 46.9 Å². The smallest absolute Gasteiger partial charge is 0.336 e. The second-order valence-electron chi connectivity index (χ2n) is 6.12. The molecule has 1 saturated heterocycles. The summed E-state index contributed by atoms with van der Waals surface area (Å²) in [6.45, 7) is 3.20. The van der Waals surface area contributed by atoms with Gasteiger partial charge in [-0.25, -0.2) is 0 Å². The molecule has 0 unspecified atom stereocenters. The third kappa shape index (κ3) is 4.53. The summed E-state index contributed by atoms with van der Waals surface area (Å²) in [5.74, 6) is -0.294. The molecule has 2 heterocycles. The number of nitrogens with zero attached hydrogens (tertiary/aromatic N) is 3. The SMILES string of the molecule is O=C(c1ccc(C(F)(F)F)nc1)N1CCN(Cc2ccc(Cl)cc2)CC1. The third-order valence-corrected chi connectivity index (χ3v) is 4.53. The van der Waals surface area contributed by atoms with Crippen LogP contribution in [0.15, 0.2) is 42.6 Å². The van der Waals surface area contributed by atoms with Gasteiger partial charge in [-0.1, -0.05) is 23.7 Å². The molecule has 0 bridgehead atoms. The number of rotatable bonds is 3. The molecule has 138 valence electrons.